The first-order chi connectivity index (χ1) is 13.7. The molecule has 0 saturated heterocycles. The molecule has 5 rings (SSSR count). The maximum absolute atomic E-state index is 6.38. The van der Waals surface area contributed by atoms with Crippen LogP contribution in [0.4, 0.5) is 11.4 Å². The summed E-state index contributed by atoms with van der Waals surface area (Å²) in [6.45, 7) is 2.33. The molecule has 0 saturated carbocycles. The van der Waals surface area contributed by atoms with Crippen molar-refractivity contribution in [2.45, 2.75) is 13.1 Å². The molecular weight excluding hydrogens is 395 g/mol. The third-order valence-corrected chi connectivity index (χ3v) is 5.78. The molecule has 4 nitrogen and oxygen atoms in total. The van der Waals surface area contributed by atoms with E-state index < -0.39 is 0 Å². The maximum Gasteiger partial charge on any atom is 0.161 e. The number of fused-ring (bicyclic) bond motifs is 3. The summed E-state index contributed by atoms with van der Waals surface area (Å²) in [7, 11) is 0. The molecule has 0 radical (unpaired) electrons. The van der Waals surface area contributed by atoms with Crippen LogP contribution in [0.3, 0.4) is 0 Å². The van der Waals surface area contributed by atoms with Gasteiger partial charge in [0, 0.05) is 12.1 Å². The van der Waals surface area contributed by atoms with Crippen molar-refractivity contribution in [3.8, 4) is 11.5 Å². The summed E-state index contributed by atoms with van der Waals surface area (Å²) < 4.78 is 12.2. The van der Waals surface area contributed by atoms with Crippen molar-refractivity contribution in [1.82, 2.24) is 0 Å². The number of anilines is 2. The second-order valence-electron chi connectivity index (χ2n) is 6.88. The Balaban J connectivity index is 1.46. The average Bonchev–Trinajstić information content (AvgIpc) is 2.73. The number of nitrogens with zero attached hydrogens (tertiary/aromatic N) is 2. The third-order valence-electron chi connectivity index (χ3n) is 5.14. The fraction of sp³-hybridized carbons (Fsp3) is 0.182. The fourth-order valence-electron chi connectivity index (χ4n) is 3.75. The second kappa shape index (κ2) is 7.12. The van der Waals surface area contributed by atoms with Crippen molar-refractivity contribution >= 4 is 34.6 Å². The summed E-state index contributed by atoms with van der Waals surface area (Å²) in [5, 5.41) is 1.44. The molecule has 0 aliphatic carbocycles. The number of ether oxygens (including phenoxy) is 2. The molecule has 3 aromatic rings. The normalized spacial score (nSPS) is 15.4. The lowest BCUT2D eigenvalue weighted by molar-refractivity contribution is 0.260. The standard InChI is InChI=1S/C22H18Cl2N2O2/c23-17-5-1-3-7-19(17)25-11-15-9-10-21-16(22(15)28-14-25)12-26(13-27-21)20-8-4-2-6-18(20)24/h1-10H,11-14H2. The van der Waals surface area contributed by atoms with Crippen molar-refractivity contribution in [3.05, 3.63) is 81.8 Å². The van der Waals surface area contributed by atoms with Gasteiger partial charge in [0.1, 0.15) is 11.5 Å². The van der Waals surface area contributed by atoms with E-state index in [1.165, 1.54) is 0 Å². The van der Waals surface area contributed by atoms with Gasteiger partial charge in [-0.15, -0.1) is 0 Å². The van der Waals surface area contributed by atoms with Crippen molar-refractivity contribution in [2.75, 3.05) is 23.3 Å². The lowest BCUT2D eigenvalue weighted by Crippen LogP contribution is -2.36. The van der Waals surface area contributed by atoms with Crippen molar-refractivity contribution < 1.29 is 9.47 Å². The van der Waals surface area contributed by atoms with E-state index >= 15 is 0 Å². The second-order valence-corrected chi connectivity index (χ2v) is 7.69. The Morgan fingerprint density at radius 2 is 1.29 bits per heavy atom. The highest BCUT2D eigenvalue weighted by Crippen LogP contribution is 2.41. The van der Waals surface area contributed by atoms with Crippen LogP contribution < -0.4 is 19.3 Å². The first kappa shape index (κ1) is 17.5. The highest BCUT2D eigenvalue weighted by molar-refractivity contribution is 6.33. The Kier molecular flexibility index (Phi) is 4.46. The van der Waals surface area contributed by atoms with Gasteiger partial charge >= 0.3 is 0 Å². The van der Waals surface area contributed by atoms with Gasteiger partial charge in [0.05, 0.1) is 33.5 Å². The van der Waals surface area contributed by atoms with Crippen molar-refractivity contribution in [2.24, 2.45) is 0 Å². The zero-order chi connectivity index (χ0) is 19.1. The molecule has 0 bridgehead atoms. The van der Waals surface area contributed by atoms with Crippen LogP contribution in [0, 0.1) is 0 Å². The first-order valence-electron chi connectivity index (χ1n) is 9.10. The van der Waals surface area contributed by atoms with Gasteiger partial charge in [0.2, 0.25) is 0 Å². The first-order valence-corrected chi connectivity index (χ1v) is 9.85. The minimum atomic E-state index is 0.444. The molecule has 6 heteroatoms. The zero-order valence-electron chi connectivity index (χ0n) is 15.1. The molecule has 0 atom stereocenters. The van der Waals surface area contributed by atoms with E-state index in [1.807, 2.05) is 54.6 Å². The van der Waals surface area contributed by atoms with E-state index in [0.29, 0.717) is 25.0 Å². The molecule has 0 N–H and O–H groups in total. The summed E-state index contributed by atoms with van der Waals surface area (Å²) in [5.41, 5.74) is 4.11. The lowest BCUT2D eigenvalue weighted by atomic mass is 10.0. The van der Waals surface area contributed by atoms with E-state index in [2.05, 4.69) is 15.9 Å². The maximum atomic E-state index is 6.38. The van der Waals surface area contributed by atoms with E-state index in [4.69, 9.17) is 32.7 Å². The Morgan fingerprint density at radius 1 is 0.679 bits per heavy atom. The molecule has 28 heavy (non-hydrogen) atoms. The quantitative estimate of drug-likeness (QED) is 0.538. The van der Waals surface area contributed by atoms with Crippen LogP contribution in [0.2, 0.25) is 10.0 Å². The van der Waals surface area contributed by atoms with Gasteiger partial charge < -0.3 is 19.3 Å². The van der Waals surface area contributed by atoms with E-state index in [9.17, 15) is 0 Å². The zero-order valence-corrected chi connectivity index (χ0v) is 16.6. The smallest absolute Gasteiger partial charge is 0.161 e. The SMILES string of the molecule is Clc1ccccc1N1COc2c(ccc3c2CN(c2ccccc2Cl)CO3)C1. The van der Waals surface area contributed by atoms with Crippen LogP contribution in [0.25, 0.3) is 0 Å². The monoisotopic (exact) mass is 412 g/mol. The van der Waals surface area contributed by atoms with Gasteiger partial charge in [0.15, 0.2) is 13.5 Å². The van der Waals surface area contributed by atoms with E-state index in [-0.39, 0.29) is 0 Å². The minimum absolute atomic E-state index is 0.444. The molecule has 142 valence electrons. The summed E-state index contributed by atoms with van der Waals surface area (Å²) in [6.07, 6.45) is 0. The number of para-hydroxylation sites is 2. The molecule has 0 aromatic heterocycles. The summed E-state index contributed by atoms with van der Waals surface area (Å²) in [4.78, 5) is 4.25. The van der Waals surface area contributed by atoms with Gasteiger partial charge in [-0.05, 0) is 36.4 Å². The van der Waals surface area contributed by atoms with Crippen LogP contribution in [0.15, 0.2) is 60.7 Å². The summed E-state index contributed by atoms with van der Waals surface area (Å²) in [5.74, 6) is 1.77. The number of hydrogen-bond donors (Lipinski definition) is 0. The Bertz CT molecular complexity index is 1040. The average molecular weight is 413 g/mol. The Hall–Kier alpha value is -2.56. The van der Waals surface area contributed by atoms with Gasteiger partial charge in [-0.2, -0.15) is 0 Å². The largest absolute Gasteiger partial charge is 0.473 e. The number of benzene rings is 3. The highest BCUT2D eigenvalue weighted by Gasteiger charge is 2.28. The molecule has 2 aliphatic rings. The molecule has 2 heterocycles. The van der Waals surface area contributed by atoms with Crippen molar-refractivity contribution in [1.29, 1.82) is 0 Å². The van der Waals surface area contributed by atoms with E-state index in [1.54, 1.807) is 0 Å². The van der Waals surface area contributed by atoms with Crippen molar-refractivity contribution in [3.63, 3.8) is 0 Å². The molecular formula is C22H18Cl2N2O2. The number of rotatable bonds is 2. The van der Waals surface area contributed by atoms with Gasteiger partial charge in [0.25, 0.3) is 0 Å². The minimum Gasteiger partial charge on any atom is -0.473 e. The van der Waals surface area contributed by atoms with E-state index in [0.717, 1.165) is 45.6 Å². The third kappa shape index (κ3) is 3.03. The molecule has 3 aromatic carbocycles. The predicted molar refractivity (Wildman–Crippen MR) is 113 cm³/mol. The highest BCUT2D eigenvalue weighted by atomic mass is 35.5. The van der Waals surface area contributed by atoms with Crippen LogP contribution in [-0.2, 0) is 13.1 Å². The van der Waals surface area contributed by atoms with Gasteiger partial charge in [-0.1, -0.05) is 47.5 Å². The molecule has 0 amide bonds. The number of halogens is 2. The molecule has 0 spiro atoms. The number of hydrogen-bond acceptors (Lipinski definition) is 4. The topological polar surface area (TPSA) is 24.9 Å². The van der Waals surface area contributed by atoms with Crippen LogP contribution in [0.5, 0.6) is 11.5 Å². The summed E-state index contributed by atoms with van der Waals surface area (Å²) in [6, 6.07) is 19.7. The van der Waals surface area contributed by atoms with Gasteiger partial charge in [-0.25, -0.2) is 0 Å². The Labute approximate surface area is 173 Å². The predicted octanol–water partition coefficient (Wildman–Crippen LogP) is 5.71. The van der Waals surface area contributed by atoms with Gasteiger partial charge in [-0.3, -0.25) is 0 Å². The molecule has 2 aliphatic heterocycles. The molecule has 0 unspecified atom stereocenters. The van der Waals surface area contributed by atoms with Crippen LogP contribution in [0.1, 0.15) is 11.1 Å². The van der Waals surface area contributed by atoms with Crippen LogP contribution in [-0.4, -0.2) is 13.5 Å². The molecule has 0 fully saturated rings. The Morgan fingerprint density at radius 3 is 1.96 bits per heavy atom. The fourth-order valence-corrected chi connectivity index (χ4v) is 4.26. The lowest BCUT2D eigenvalue weighted by Gasteiger charge is -2.36. The summed E-state index contributed by atoms with van der Waals surface area (Å²) >= 11 is 12.7. The van der Waals surface area contributed by atoms with Crippen LogP contribution >= 0.6 is 23.2 Å².